The smallest absolute Gasteiger partial charge is 0.189 e. The first-order valence-electron chi connectivity index (χ1n) is 4.80. The van der Waals surface area contributed by atoms with Gasteiger partial charge in [0.1, 0.15) is 0 Å². The molecule has 0 aliphatic carbocycles. The van der Waals surface area contributed by atoms with Crippen molar-refractivity contribution in [3.63, 3.8) is 0 Å². The second-order valence-corrected chi connectivity index (χ2v) is 2.98. The highest BCUT2D eigenvalue weighted by atomic mass is 16.5. The molecule has 0 bridgehead atoms. The van der Waals surface area contributed by atoms with Gasteiger partial charge in [-0.3, -0.25) is 0 Å². The summed E-state index contributed by atoms with van der Waals surface area (Å²) in [4.78, 5) is 0. The van der Waals surface area contributed by atoms with E-state index in [4.69, 9.17) is 10.2 Å². The number of aliphatic hydroxyl groups is 4. The summed E-state index contributed by atoms with van der Waals surface area (Å²) in [5, 5.41) is 34.0. The van der Waals surface area contributed by atoms with E-state index in [-0.39, 0.29) is 13.2 Å². The van der Waals surface area contributed by atoms with Gasteiger partial charge in [0.05, 0.1) is 13.2 Å². The van der Waals surface area contributed by atoms with Crippen molar-refractivity contribution in [2.24, 2.45) is 0 Å². The van der Waals surface area contributed by atoms with E-state index in [1.54, 1.807) is 31.2 Å². The van der Waals surface area contributed by atoms with Gasteiger partial charge in [-0.25, -0.2) is 0 Å². The molecule has 15 heavy (non-hydrogen) atoms. The second kappa shape index (κ2) is 7.36. The van der Waals surface area contributed by atoms with E-state index >= 15 is 0 Å². The summed E-state index contributed by atoms with van der Waals surface area (Å²) in [6.45, 7) is 1.48. The Hall–Kier alpha value is -0.940. The van der Waals surface area contributed by atoms with Crippen LogP contribution in [0.5, 0.6) is 0 Å². The van der Waals surface area contributed by atoms with Crippen molar-refractivity contribution >= 4 is 0 Å². The fraction of sp³-hybridized carbons (Fsp3) is 0.455. The molecule has 0 spiro atoms. The maximum Gasteiger partial charge on any atom is 0.189 e. The Morgan fingerprint density at radius 3 is 1.80 bits per heavy atom. The van der Waals surface area contributed by atoms with Gasteiger partial charge < -0.3 is 20.4 Å². The lowest BCUT2D eigenvalue weighted by molar-refractivity contribution is -0.171. The highest BCUT2D eigenvalue weighted by Crippen LogP contribution is 2.20. The Morgan fingerprint density at radius 2 is 1.47 bits per heavy atom. The predicted molar refractivity (Wildman–Crippen MR) is 57.0 cm³/mol. The lowest BCUT2D eigenvalue weighted by atomic mass is 10.0. The Labute approximate surface area is 89.4 Å². The molecule has 86 valence electrons. The number of hydrogen-bond donors (Lipinski definition) is 4. The lowest BCUT2D eigenvalue weighted by Crippen LogP contribution is -2.23. The minimum absolute atomic E-state index is 0.125. The maximum absolute atomic E-state index is 9.35. The molecule has 0 unspecified atom stereocenters. The van der Waals surface area contributed by atoms with Gasteiger partial charge in [0.25, 0.3) is 0 Å². The van der Waals surface area contributed by atoms with E-state index in [0.29, 0.717) is 12.0 Å². The molecular weight excluding hydrogens is 196 g/mol. The number of aliphatic hydroxyl groups excluding tert-OH is 2. The van der Waals surface area contributed by atoms with Crippen LogP contribution in [0.3, 0.4) is 0 Å². The quantitative estimate of drug-likeness (QED) is 0.542. The summed E-state index contributed by atoms with van der Waals surface area (Å²) in [5.74, 6) is -1.67. The average Bonchev–Trinajstić information content (AvgIpc) is 2.30. The first-order valence-corrected chi connectivity index (χ1v) is 4.80. The van der Waals surface area contributed by atoms with Crippen LogP contribution in [-0.4, -0.2) is 33.6 Å². The lowest BCUT2D eigenvalue weighted by Gasteiger charge is -2.19. The van der Waals surface area contributed by atoms with Gasteiger partial charge in [-0.1, -0.05) is 37.3 Å². The summed E-state index contributed by atoms with van der Waals surface area (Å²) in [6, 6.07) is 8.81. The van der Waals surface area contributed by atoms with Gasteiger partial charge in [0, 0.05) is 12.0 Å². The third-order valence-electron chi connectivity index (χ3n) is 1.83. The van der Waals surface area contributed by atoms with Crippen LogP contribution in [-0.2, 0) is 5.79 Å². The van der Waals surface area contributed by atoms with Gasteiger partial charge in [-0.15, -0.1) is 0 Å². The van der Waals surface area contributed by atoms with Crippen LogP contribution >= 0.6 is 0 Å². The Kier molecular flexibility index (Phi) is 6.90. The molecule has 4 N–H and O–H groups in total. The van der Waals surface area contributed by atoms with E-state index in [9.17, 15) is 10.2 Å². The first kappa shape index (κ1) is 14.1. The third-order valence-corrected chi connectivity index (χ3v) is 1.83. The zero-order valence-electron chi connectivity index (χ0n) is 8.80. The highest BCUT2D eigenvalue weighted by molar-refractivity contribution is 5.19. The summed E-state index contributed by atoms with van der Waals surface area (Å²) in [7, 11) is 0. The molecule has 0 atom stereocenters. The van der Waals surface area contributed by atoms with Crippen LogP contribution in [0.2, 0.25) is 0 Å². The van der Waals surface area contributed by atoms with Gasteiger partial charge in [-0.2, -0.15) is 0 Å². The monoisotopic (exact) mass is 214 g/mol. The van der Waals surface area contributed by atoms with Crippen LogP contribution in [0.25, 0.3) is 0 Å². The van der Waals surface area contributed by atoms with Gasteiger partial charge in [0.15, 0.2) is 5.79 Å². The molecule has 0 heterocycles. The van der Waals surface area contributed by atoms with Crippen molar-refractivity contribution in [1.82, 2.24) is 0 Å². The summed E-state index contributed by atoms with van der Waals surface area (Å²) >= 11 is 0. The van der Waals surface area contributed by atoms with Crippen molar-refractivity contribution in [3.05, 3.63) is 35.9 Å². The van der Waals surface area contributed by atoms with Crippen molar-refractivity contribution in [2.75, 3.05) is 13.2 Å². The Bertz CT molecular complexity index is 244. The van der Waals surface area contributed by atoms with E-state index in [1.807, 2.05) is 6.07 Å². The summed E-state index contributed by atoms with van der Waals surface area (Å²) in [5.41, 5.74) is 0.544. The maximum atomic E-state index is 9.35. The molecule has 4 heteroatoms. The zero-order valence-corrected chi connectivity index (χ0v) is 8.80. The van der Waals surface area contributed by atoms with Crippen molar-refractivity contribution in [1.29, 1.82) is 0 Å². The van der Waals surface area contributed by atoms with E-state index in [2.05, 4.69) is 0 Å². The predicted octanol–water partition coefficient (Wildman–Crippen LogP) is 0.205. The van der Waals surface area contributed by atoms with E-state index in [1.165, 1.54) is 0 Å². The van der Waals surface area contributed by atoms with Crippen molar-refractivity contribution < 1.29 is 20.4 Å². The van der Waals surface area contributed by atoms with E-state index < -0.39 is 5.79 Å². The fourth-order valence-corrected chi connectivity index (χ4v) is 0.909. The zero-order chi connectivity index (χ0) is 11.7. The van der Waals surface area contributed by atoms with Crippen molar-refractivity contribution in [2.45, 2.75) is 19.1 Å². The standard InChI is InChI=1S/C9H12O2.C2H6O2/c1-2-9(10,11)8-6-4-3-5-7-8;3-1-2-4/h3-7,10-11H,2H2,1H3;3-4H,1-2H2. The Balaban J connectivity index is 0.000000423. The van der Waals surface area contributed by atoms with Gasteiger partial charge in [-0.05, 0) is 0 Å². The van der Waals surface area contributed by atoms with Gasteiger partial charge >= 0.3 is 0 Å². The SMILES string of the molecule is CCC(O)(O)c1ccccc1.OCCO. The minimum Gasteiger partial charge on any atom is -0.394 e. The molecule has 0 radical (unpaired) electrons. The van der Waals surface area contributed by atoms with Crippen LogP contribution in [0.4, 0.5) is 0 Å². The molecular formula is C11H18O4. The van der Waals surface area contributed by atoms with Crippen molar-refractivity contribution in [3.8, 4) is 0 Å². The molecule has 0 amide bonds. The third kappa shape index (κ3) is 5.49. The molecule has 1 aromatic rings. The molecule has 4 nitrogen and oxygen atoms in total. The van der Waals surface area contributed by atoms with E-state index in [0.717, 1.165) is 0 Å². The molecule has 0 saturated carbocycles. The van der Waals surface area contributed by atoms with Crippen LogP contribution in [0, 0.1) is 0 Å². The average molecular weight is 214 g/mol. The van der Waals surface area contributed by atoms with Crippen LogP contribution in [0.15, 0.2) is 30.3 Å². The molecule has 1 rings (SSSR count). The second-order valence-electron chi connectivity index (χ2n) is 2.98. The highest BCUT2D eigenvalue weighted by Gasteiger charge is 2.21. The molecule has 0 aromatic heterocycles. The first-order chi connectivity index (χ1) is 7.08. The fourth-order valence-electron chi connectivity index (χ4n) is 0.909. The largest absolute Gasteiger partial charge is 0.394 e. The molecule has 0 aliphatic rings. The summed E-state index contributed by atoms with van der Waals surface area (Å²) < 4.78 is 0. The number of rotatable bonds is 3. The molecule has 0 saturated heterocycles. The Morgan fingerprint density at radius 1 is 1.00 bits per heavy atom. The number of hydrogen-bond acceptors (Lipinski definition) is 4. The van der Waals surface area contributed by atoms with Crippen LogP contribution < -0.4 is 0 Å². The molecule has 0 fully saturated rings. The number of benzene rings is 1. The van der Waals surface area contributed by atoms with Gasteiger partial charge in [0.2, 0.25) is 0 Å². The molecule has 1 aromatic carbocycles. The van der Waals surface area contributed by atoms with Crippen LogP contribution in [0.1, 0.15) is 18.9 Å². The molecule has 0 aliphatic heterocycles. The summed E-state index contributed by atoms with van der Waals surface area (Å²) in [6.07, 6.45) is 0.303. The minimum atomic E-state index is -1.67. The topological polar surface area (TPSA) is 80.9 Å². The normalized spacial score (nSPS) is 10.5.